The number of para-hydroxylation sites is 1. The molecule has 5 rings (SSSR count). The second-order valence-electron chi connectivity index (χ2n) is 9.96. The van der Waals surface area contributed by atoms with E-state index in [1.165, 1.54) is 6.07 Å². The second-order valence-corrected chi connectivity index (χ2v) is 9.96. The lowest BCUT2D eigenvalue weighted by molar-refractivity contribution is 0.196. The highest BCUT2D eigenvalue weighted by Crippen LogP contribution is 2.37. The monoisotopic (exact) mass is 516 g/mol. The Morgan fingerprint density at radius 1 is 1.21 bits per heavy atom. The molecular formula is C29H33FN6O2. The number of nitrogens with one attached hydrogen (secondary N) is 1. The Labute approximate surface area is 221 Å². The van der Waals surface area contributed by atoms with Crippen LogP contribution in [0.5, 0.6) is 11.5 Å². The number of nitrogens with zero attached hydrogens (tertiary/aromatic N) is 4. The third-order valence-corrected chi connectivity index (χ3v) is 6.87. The van der Waals surface area contributed by atoms with Gasteiger partial charge in [0.15, 0.2) is 17.4 Å². The van der Waals surface area contributed by atoms with Gasteiger partial charge in [0.1, 0.15) is 11.3 Å². The number of aromatic amines is 1. The highest BCUT2D eigenvalue weighted by molar-refractivity contribution is 6.02. The molecule has 3 heterocycles. The maximum absolute atomic E-state index is 15.1. The summed E-state index contributed by atoms with van der Waals surface area (Å²) >= 11 is 0. The minimum Gasteiger partial charge on any atom is -0.454 e. The van der Waals surface area contributed by atoms with Crippen LogP contribution in [0.3, 0.4) is 0 Å². The molecule has 0 spiro atoms. The average molecular weight is 517 g/mol. The number of hydrogen-bond donors (Lipinski definition) is 2. The van der Waals surface area contributed by atoms with E-state index < -0.39 is 5.82 Å². The summed E-state index contributed by atoms with van der Waals surface area (Å²) in [5.74, 6) is 0.377. The first kappa shape index (κ1) is 25.7. The van der Waals surface area contributed by atoms with Gasteiger partial charge in [-0.2, -0.15) is 5.10 Å². The standard InChI is InChI=1S/C29H33FN6O2/c1-34(2)14-6-7-15-35-16-8-9-21(18-35)36-19-23(26-27(36)29(37)33-32-28(26)31)20-12-13-25(24(30)17-20)38-22-10-4-3-5-11-22/h3-7,10-13,17,19,21H,8-9,14-16,18H2,1-2H3,(H2,31,32)(H,33,37)/b7-6+/t21-/m1/s1. The van der Waals surface area contributed by atoms with Crippen LogP contribution in [-0.4, -0.2) is 64.8 Å². The Kier molecular flexibility index (Phi) is 7.57. The van der Waals surface area contributed by atoms with Crippen molar-refractivity contribution >= 4 is 16.7 Å². The molecule has 0 saturated carbocycles. The molecule has 2 aromatic carbocycles. The maximum Gasteiger partial charge on any atom is 0.288 e. The van der Waals surface area contributed by atoms with Crippen molar-refractivity contribution in [2.75, 3.05) is 46.0 Å². The number of anilines is 1. The van der Waals surface area contributed by atoms with E-state index in [-0.39, 0.29) is 23.2 Å². The molecule has 1 aliphatic rings. The molecule has 0 amide bonds. The molecule has 0 bridgehead atoms. The Morgan fingerprint density at radius 3 is 2.79 bits per heavy atom. The lowest BCUT2D eigenvalue weighted by Gasteiger charge is -2.33. The van der Waals surface area contributed by atoms with Crippen molar-refractivity contribution in [3.63, 3.8) is 0 Å². The van der Waals surface area contributed by atoms with Crippen molar-refractivity contribution in [1.82, 2.24) is 24.6 Å². The van der Waals surface area contributed by atoms with Crippen LogP contribution in [0.2, 0.25) is 0 Å². The Morgan fingerprint density at radius 2 is 2.03 bits per heavy atom. The number of rotatable bonds is 8. The summed E-state index contributed by atoms with van der Waals surface area (Å²) in [4.78, 5) is 17.5. The summed E-state index contributed by atoms with van der Waals surface area (Å²) < 4.78 is 22.9. The largest absolute Gasteiger partial charge is 0.454 e. The molecule has 4 aromatic rings. The van der Waals surface area contributed by atoms with Gasteiger partial charge < -0.3 is 19.9 Å². The molecule has 1 saturated heterocycles. The summed E-state index contributed by atoms with van der Waals surface area (Å²) in [7, 11) is 4.09. The van der Waals surface area contributed by atoms with Crippen LogP contribution >= 0.6 is 0 Å². The zero-order valence-electron chi connectivity index (χ0n) is 21.7. The third-order valence-electron chi connectivity index (χ3n) is 6.87. The summed E-state index contributed by atoms with van der Waals surface area (Å²) in [6.07, 6.45) is 8.23. The molecule has 2 aromatic heterocycles. The number of likely N-dealkylation sites (tertiary alicyclic amines) is 1. The van der Waals surface area contributed by atoms with Gasteiger partial charge in [-0.25, -0.2) is 9.49 Å². The number of hydrogen-bond acceptors (Lipinski definition) is 6. The van der Waals surface area contributed by atoms with Gasteiger partial charge >= 0.3 is 0 Å². The number of likely N-dealkylation sites (N-methyl/N-ethyl adjacent to an activating group) is 1. The number of nitrogen functional groups attached to an aromatic ring is 1. The zero-order valence-corrected chi connectivity index (χ0v) is 21.7. The van der Waals surface area contributed by atoms with Gasteiger partial charge in [-0.1, -0.05) is 36.4 Å². The summed E-state index contributed by atoms with van der Waals surface area (Å²) in [6, 6.07) is 13.9. The van der Waals surface area contributed by atoms with Crippen LogP contribution in [0.15, 0.2) is 71.7 Å². The first-order valence-corrected chi connectivity index (χ1v) is 12.8. The van der Waals surface area contributed by atoms with Crippen molar-refractivity contribution in [3.05, 3.63) is 83.1 Å². The summed E-state index contributed by atoms with van der Waals surface area (Å²) in [5, 5.41) is 7.07. The third kappa shape index (κ3) is 5.49. The van der Waals surface area contributed by atoms with Gasteiger partial charge in [0.05, 0.1) is 5.39 Å². The van der Waals surface area contributed by atoms with Crippen LogP contribution < -0.4 is 16.0 Å². The molecule has 0 unspecified atom stereocenters. The van der Waals surface area contributed by atoms with Crippen molar-refractivity contribution in [3.8, 4) is 22.6 Å². The number of ether oxygens (including phenoxy) is 1. The molecule has 1 aliphatic heterocycles. The molecule has 8 nitrogen and oxygen atoms in total. The number of piperidine rings is 1. The fourth-order valence-electron chi connectivity index (χ4n) is 5.04. The lowest BCUT2D eigenvalue weighted by Crippen LogP contribution is -2.37. The molecule has 3 N–H and O–H groups in total. The van der Waals surface area contributed by atoms with E-state index in [0.29, 0.717) is 27.8 Å². The quantitative estimate of drug-likeness (QED) is 0.331. The van der Waals surface area contributed by atoms with Crippen molar-refractivity contribution in [2.24, 2.45) is 0 Å². The maximum atomic E-state index is 15.1. The second kappa shape index (κ2) is 11.2. The molecule has 1 fully saturated rings. The van der Waals surface area contributed by atoms with Crippen LogP contribution in [0.25, 0.3) is 22.0 Å². The molecule has 1 atom stereocenters. The number of H-pyrrole nitrogens is 1. The van der Waals surface area contributed by atoms with Gasteiger partial charge in [-0.3, -0.25) is 9.69 Å². The predicted octanol–water partition coefficient (Wildman–Crippen LogP) is 4.66. The SMILES string of the molecule is CN(C)C/C=C/CN1CCC[C@@H](n2cc(-c3ccc(Oc4ccccc4)c(F)c3)c3c(N)n[nH]c(=O)c32)C1. The fraction of sp³-hybridized carbons (Fsp3) is 0.310. The van der Waals surface area contributed by atoms with E-state index in [9.17, 15) is 4.79 Å². The van der Waals surface area contributed by atoms with Gasteiger partial charge in [0, 0.05) is 37.4 Å². The molecule has 9 heteroatoms. The summed E-state index contributed by atoms with van der Waals surface area (Å²) in [5.41, 5.74) is 7.70. The number of nitrogens with two attached hydrogens (primary N) is 1. The van der Waals surface area contributed by atoms with Gasteiger partial charge in [-0.05, 0) is 63.3 Å². The van der Waals surface area contributed by atoms with Crippen molar-refractivity contribution < 1.29 is 9.13 Å². The molecule has 38 heavy (non-hydrogen) atoms. The minimum absolute atomic E-state index is 0.0793. The van der Waals surface area contributed by atoms with E-state index in [0.717, 1.165) is 39.0 Å². The predicted molar refractivity (Wildman–Crippen MR) is 149 cm³/mol. The van der Waals surface area contributed by atoms with E-state index in [1.54, 1.807) is 24.3 Å². The molecule has 0 aliphatic carbocycles. The summed E-state index contributed by atoms with van der Waals surface area (Å²) in [6.45, 7) is 3.55. The van der Waals surface area contributed by atoms with E-state index >= 15 is 4.39 Å². The lowest BCUT2D eigenvalue weighted by atomic mass is 10.1. The number of fused-ring (bicyclic) bond motifs is 1. The van der Waals surface area contributed by atoms with Gasteiger partial charge in [0.2, 0.25) is 0 Å². The highest BCUT2D eigenvalue weighted by Gasteiger charge is 2.26. The zero-order chi connectivity index (χ0) is 26.6. The number of aromatic nitrogens is 3. The topological polar surface area (TPSA) is 92.4 Å². The first-order valence-electron chi connectivity index (χ1n) is 12.8. The number of halogens is 1. The van der Waals surface area contributed by atoms with Crippen molar-refractivity contribution in [1.29, 1.82) is 0 Å². The van der Waals surface area contributed by atoms with Crippen LogP contribution in [0.4, 0.5) is 10.2 Å². The van der Waals surface area contributed by atoms with E-state index in [1.807, 2.05) is 43.1 Å². The normalized spacial score (nSPS) is 16.6. The van der Waals surface area contributed by atoms with Crippen LogP contribution in [0, 0.1) is 5.82 Å². The molecular weight excluding hydrogens is 483 g/mol. The number of benzene rings is 2. The van der Waals surface area contributed by atoms with Gasteiger partial charge in [0.25, 0.3) is 5.56 Å². The van der Waals surface area contributed by atoms with Crippen molar-refractivity contribution in [2.45, 2.75) is 18.9 Å². The smallest absolute Gasteiger partial charge is 0.288 e. The first-order chi connectivity index (χ1) is 18.4. The minimum atomic E-state index is -0.503. The molecule has 0 radical (unpaired) electrons. The Hall–Kier alpha value is -3.95. The highest BCUT2D eigenvalue weighted by atomic mass is 19.1. The van der Waals surface area contributed by atoms with Crippen LogP contribution in [0.1, 0.15) is 18.9 Å². The molecule has 198 valence electrons. The fourth-order valence-corrected chi connectivity index (χ4v) is 5.04. The Bertz CT molecular complexity index is 1490. The van der Waals surface area contributed by atoms with Gasteiger partial charge in [-0.15, -0.1) is 0 Å². The average Bonchev–Trinajstić information content (AvgIpc) is 3.33. The van der Waals surface area contributed by atoms with E-state index in [2.05, 4.69) is 32.1 Å². The Balaban J connectivity index is 1.47. The van der Waals surface area contributed by atoms with E-state index in [4.69, 9.17) is 10.5 Å². The van der Waals surface area contributed by atoms with Crippen LogP contribution in [-0.2, 0) is 0 Å².